The van der Waals surface area contributed by atoms with Gasteiger partial charge in [0.15, 0.2) is 0 Å². The Hall–Kier alpha value is -1.51. The van der Waals surface area contributed by atoms with E-state index in [0.717, 1.165) is 5.69 Å². The monoisotopic (exact) mass is 235 g/mol. The van der Waals surface area contributed by atoms with Gasteiger partial charge in [-0.2, -0.15) is 0 Å². The van der Waals surface area contributed by atoms with E-state index in [-0.39, 0.29) is 5.97 Å². The van der Waals surface area contributed by atoms with Gasteiger partial charge in [-0.25, -0.2) is 4.79 Å². The summed E-state index contributed by atoms with van der Waals surface area (Å²) < 4.78 is 4.83. The van der Waals surface area contributed by atoms with E-state index in [1.807, 2.05) is 31.9 Å². The van der Waals surface area contributed by atoms with Crippen LogP contribution in [-0.2, 0) is 9.53 Å². The van der Waals surface area contributed by atoms with E-state index in [0.29, 0.717) is 0 Å². The second kappa shape index (κ2) is 4.78. The third-order valence-corrected chi connectivity index (χ3v) is 3.40. The van der Waals surface area contributed by atoms with Gasteiger partial charge in [0.25, 0.3) is 0 Å². The molecule has 0 aliphatic rings. The van der Waals surface area contributed by atoms with Crippen molar-refractivity contribution in [1.29, 1.82) is 0 Å². The van der Waals surface area contributed by atoms with Crippen molar-refractivity contribution in [1.82, 2.24) is 0 Å². The molecule has 0 aromatic heterocycles. The zero-order valence-electron chi connectivity index (χ0n) is 11.5. The Labute approximate surface area is 103 Å². The quantitative estimate of drug-likeness (QED) is 0.754. The minimum Gasteiger partial charge on any atom is -0.467 e. The highest BCUT2D eigenvalue weighted by Gasteiger charge is 2.33. The smallest absolute Gasteiger partial charge is 0.331 e. The van der Waals surface area contributed by atoms with Gasteiger partial charge in [-0.15, -0.1) is 0 Å². The molecule has 0 radical (unpaired) electrons. The number of ether oxygens (including phenoxy) is 1. The van der Waals surface area contributed by atoms with Crippen molar-refractivity contribution in [3.05, 3.63) is 29.3 Å². The van der Waals surface area contributed by atoms with E-state index in [2.05, 4.69) is 26.0 Å². The van der Waals surface area contributed by atoms with Crippen LogP contribution in [-0.4, -0.2) is 25.7 Å². The summed E-state index contributed by atoms with van der Waals surface area (Å²) in [4.78, 5) is 13.7. The van der Waals surface area contributed by atoms with Gasteiger partial charge in [-0.1, -0.05) is 6.07 Å². The number of carbonyl (C=O) groups excluding carboxylic acids is 1. The van der Waals surface area contributed by atoms with E-state index in [1.54, 1.807) is 0 Å². The lowest BCUT2D eigenvalue weighted by Gasteiger charge is -2.35. The Bertz CT molecular complexity index is 424. The maximum absolute atomic E-state index is 11.7. The standard InChI is InChI=1S/C14H21NO2/c1-10-7-8-12(9-11(10)2)15(5)14(3,4)13(16)17-6/h7-9H,1-6H3. The Morgan fingerprint density at radius 3 is 2.29 bits per heavy atom. The fourth-order valence-electron chi connectivity index (χ4n) is 1.64. The number of esters is 1. The van der Waals surface area contributed by atoms with Crippen LogP contribution < -0.4 is 4.90 Å². The number of carbonyl (C=O) groups is 1. The number of methoxy groups -OCH3 is 1. The maximum atomic E-state index is 11.7. The topological polar surface area (TPSA) is 29.5 Å². The summed E-state index contributed by atoms with van der Waals surface area (Å²) >= 11 is 0. The average molecular weight is 235 g/mol. The van der Waals surface area contributed by atoms with Crippen LogP contribution in [0.4, 0.5) is 5.69 Å². The molecule has 0 heterocycles. The average Bonchev–Trinajstić information content (AvgIpc) is 2.30. The van der Waals surface area contributed by atoms with Crippen molar-refractivity contribution in [2.45, 2.75) is 33.2 Å². The predicted octanol–water partition coefficient (Wildman–Crippen LogP) is 2.69. The summed E-state index contributed by atoms with van der Waals surface area (Å²) in [7, 11) is 3.32. The van der Waals surface area contributed by atoms with Gasteiger partial charge in [0, 0.05) is 12.7 Å². The molecule has 3 heteroatoms. The van der Waals surface area contributed by atoms with Gasteiger partial charge in [-0.3, -0.25) is 0 Å². The molecule has 0 unspecified atom stereocenters. The number of hydrogen-bond donors (Lipinski definition) is 0. The minimum absolute atomic E-state index is 0.238. The highest BCUT2D eigenvalue weighted by Crippen LogP contribution is 2.25. The van der Waals surface area contributed by atoms with Crippen molar-refractivity contribution < 1.29 is 9.53 Å². The summed E-state index contributed by atoms with van der Waals surface area (Å²) in [5.41, 5.74) is 2.81. The number of anilines is 1. The van der Waals surface area contributed by atoms with Crippen molar-refractivity contribution in [3.63, 3.8) is 0 Å². The van der Waals surface area contributed by atoms with Gasteiger partial charge in [0.2, 0.25) is 0 Å². The first-order valence-electron chi connectivity index (χ1n) is 5.70. The molecule has 0 saturated heterocycles. The van der Waals surface area contributed by atoms with E-state index in [1.165, 1.54) is 18.2 Å². The molecule has 1 aromatic carbocycles. The number of hydrogen-bond acceptors (Lipinski definition) is 3. The molecule has 0 aliphatic carbocycles. The van der Waals surface area contributed by atoms with Crippen molar-refractivity contribution in [3.8, 4) is 0 Å². The normalized spacial score (nSPS) is 11.2. The van der Waals surface area contributed by atoms with Crippen LogP contribution >= 0.6 is 0 Å². The minimum atomic E-state index is -0.670. The molecule has 94 valence electrons. The molecule has 1 aromatic rings. The fourth-order valence-corrected chi connectivity index (χ4v) is 1.64. The molecule has 0 N–H and O–H groups in total. The molecular formula is C14H21NO2. The lowest BCUT2D eigenvalue weighted by atomic mass is 10.0. The Kier molecular flexibility index (Phi) is 3.81. The third-order valence-electron chi connectivity index (χ3n) is 3.40. The summed E-state index contributed by atoms with van der Waals surface area (Å²) in [6, 6.07) is 6.17. The van der Waals surface area contributed by atoms with Crippen LogP contribution in [0, 0.1) is 13.8 Å². The maximum Gasteiger partial charge on any atom is 0.331 e. The lowest BCUT2D eigenvalue weighted by Crippen LogP contribution is -2.48. The first-order valence-corrected chi connectivity index (χ1v) is 5.70. The van der Waals surface area contributed by atoms with Crippen LogP contribution in [0.1, 0.15) is 25.0 Å². The molecule has 0 spiro atoms. The molecule has 17 heavy (non-hydrogen) atoms. The predicted molar refractivity (Wildman–Crippen MR) is 70.4 cm³/mol. The first-order chi connectivity index (χ1) is 7.80. The summed E-state index contributed by atoms with van der Waals surface area (Å²) in [6.07, 6.45) is 0. The first kappa shape index (κ1) is 13.6. The Morgan fingerprint density at radius 1 is 1.24 bits per heavy atom. The zero-order chi connectivity index (χ0) is 13.2. The number of rotatable bonds is 3. The number of nitrogens with zero attached hydrogens (tertiary/aromatic N) is 1. The molecule has 0 fully saturated rings. The molecule has 0 saturated carbocycles. The Balaban J connectivity index is 3.07. The number of likely N-dealkylation sites (N-methyl/N-ethyl adjacent to an activating group) is 1. The van der Waals surface area contributed by atoms with Crippen LogP contribution in [0.5, 0.6) is 0 Å². The second-order valence-corrected chi connectivity index (χ2v) is 4.88. The lowest BCUT2D eigenvalue weighted by molar-refractivity contribution is -0.145. The van der Waals surface area contributed by atoms with Crippen molar-refractivity contribution >= 4 is 11.7 Å². The van der Waals surface area contributed by atoms with Crippen LogP contribution in [0.15, 0.2) is 18.2 Å². The Morgan fingerprint density at radius 2 is 1.82 bits per heavy atom. The third kappa shape index (κ3) is 2.60. The molecule has 3 nitrogen and oxygen atoms in total. The largest absolute Gasteiger partial charge is 0.467 e. The number of aryl methyl sites for hydroxylation is 2. The molecule has 0 atom stereocenters. The van der Waals surface area contributed by atoms with Gasteiger partial charge in [-0.05, 0) is 51.0 Å². The summed E-state index contributed by atoms with van der Waals surface area (Å²) in [5, 5.41) is 0. The zero-order valence-corrected chi connectivity index (χ0v) is 11.5. The molecule has 0 bridgehead atoms. The fraction of sp³-hybridized carbons (Fsp3) is 0.500. The summed E-state index contributed by atoms with van der Waals surface area (Å²) in [5.74, 6) is -0.238. The van der Waals surface area contributed by atoms with Gasteiger partial charge in [0.1, 0.15) is 5.54 Å². The van der Waals surface area contributed by atoms with Crippen LogP contribution in [0.2, 0.25) is 0 Å². The summed E-state index contributed by atoms with van der Waals surface area (Å²) in [6.45, 7) is 7.85. The molecule has 1 rings (SSSR count). The van der Waals surface area contributed by atoms with E-state index in [9.17, 15) is 4.79 Å². The SMILES string of the molecule is COC(=O)C(C)(C)N(C)c1ccc(C)c(C)c1. The van der Waals surface area contributed by atoms with E-state index < -0.39 is 5.54 Å². The van der Waals surface area contributed by atoms with Gasteiger partial charge in [0.05, 0.1) is 7.11 Å². The highest BCUT2D eigenvalue weighted by molar-refractivity contribution is 5.84. The number of benzene rings is 1. The van der Waals surface area contributed by atoms with Crippen molar-refractivity contribution in [2.75, 3.05) is 19.1 Å². The van der Waals surface area contributed by atoms with Crippen LogP contribution in [0.3, 0.4) is 0 Å². The highest BCUT2D eigenvalue weighted by atomic mass is 16.5. The van der Waals surface area contributed by atoms with Gasteiger partial charge >= 0.3 is 5.97 Å². The van der Waals surface area contributed by atoms with E-state index >= 15 is 0 Å². The van der Waals surface area contributed by atoms with Crippen LogP contribution in [0.25, 0.3) is 0 Å². The molecule has 0 aliphatic heterocycles. The van der Waals surface area contributed by atoms with Crippen molar-refractivity contribution in [2.24, 2.45) is 0 Å². The van der Waals surface area contributed by atoms with E-state index in [4.69, 9.17) is 4.74 Å². The second-order valence-electron chi connectivity index (χ2n) is 4.88. The van der Waals surface area contributed by atoms with Gasteiger partial charge < -0.3 is 9.64 Å². The molecular weight excluding hydrogens is 214 g/mol. The molecule has 0 amide bonds.